The number of nitrogens with zero attached hydrogens (tertiary/aromatic N) is 3. The predicted octanol–water partition coefficient (Wildman–Crippen LogP) is 4.82. The molecule has 0 bridgehead atoms. The van der Waals surface area contributed by atoms with Crippen LogP contribution in [0.15, 0.2) is 26.5 Å². The molecular formula is C11H4Br2N4S2. The average Bonchev–Trinajstić information content (AvgIpc) is 3.12. The van der Waals surface area contributed by atoms with Crippen LogP contribution in [0.25, 0.3) is 32.8 Å². The Morgan fingerprint density at radius 1 is 1.05 bits per heavy atom. The molecule has 8 heteroatoms. The fourth-order valence-electron chi connectivity index (χ4n) is 1.90. The van der Waals surface area contributed by atoms with Gasteiger partial charge in [0, 0.05) is 11.7 Å². The Balaban J connectivity index is 2.13. The first kappa shape index (κ1) is 12.0. The fraction of sp³-hybridized carbons (Fsp3) is 0. The highest BCUT2D eigenvalue weighted by molar-refractivity contribution is 9.11. The summed E-state index contributed by atoms with van der Waals surface area (Å²) in [5.41, 5.74) is 3.50. The summed E-state index contributed by atoms with van der Waals surface area (Å²) in [4.78, 5) is 10.3. The van der Waals surface area contributed by atoms with Crippen LogP contribution >= 0.6 is 54.9 Å². The molecule has 1 N–H and O–H groups in total. The Labute approximate surface area is 132 Å². The van der Waals surface area contributed by atoms with E-state index in [1.165, 1.54) is 11.7 Å². The summed E-state index contributed by atoms with van der Waals surface area (Å²) in [5.74, 6) is 0.753. The molecule has 4 nitrogen and oxygen atoms in total. The van der Waals surface area contributed by atoms with Crippen LogP contribution in [0.1, 0.15) is 0 Å². The van der Waals surface area contributed by atoms with Crippen molar-refractivity contribution in [2.24, 2.45) is 0 Å². The van der Waals surface area contributed by atoms with Gasteiger partial charge in [-0.2, -0.15) is 4.37 Å². The molecule has 3 heterocycles. The van der Waals surface area contributed by atoms with Crippen molar-refractivity contribution < 1.29 is 0 Å². The second kappa shape index (κ2) is 4.34. The minimum atomic E-state index is 0.753. The normalized spacial score (nSPS) is 11.7. The summed E-state index contributed by atoms with van der Waals surface area (Å²) >= 11 is 10.1. The molecule has 94 valence electrons. The van der Waals surface area contributed by atoms with Gasteiger partial charge in [0.2, 0.25) is 0 Å². The van der Waals surface area contributed by atoms with Crippen LogP contribution in [0.5, 0.6) is 0 Å². The number of rotatable bonds is 1. The number of benzene rings is 1. The molecule has 4 aromatic rings. The number of aromatic amines is 1. The first-order chi connectivity index (χ1) is 9.25. The van der Waals surface area contributed by atoms with E-state index in [1.807, 2.05) is 17.5 Å². The van der Waals surface area contributed by atoms with Crippen molar-refractivity contribution in [3.05, 3.63) is 26.5 Å². The van der Waals surface area contributed by atoms with Crippen molar-refractivity contribution in [3.63, 3.8) is 0 Å². The lowest BCUT2D eigenvalue weighted by atomic mass is 10.3. The summed E-state index contributed by atoms with van der Waals surface area (Å²) in [7, 11) is 0. The Hall–Kier alpha value is -0.830. The van der Waals surface area contributed by atoms with E-state index in [2.05, 4.69) is 50.6 Å². The molecule has 1 aromatic carbocycles. The third-order valence-electron chi connectivity index (χ3n) is 2.77. The number of hydrogen-bond acceptors (Lipinski definition) is 5. The molecule has 0 aliphatic carbocycles. The highest BCUT2D eigenvalue weighted by Gasteiger charge is 2.19. The molecule has 3 aromatic heterocycles. The van der Waals surface area contributed by atoms with Gasteiger partial charge < -0.3 is 0 Å². The molecule has 0 spiro atoms. The Bertz CT molecular complexity index is 840. The Kier molecular flexibility index (Phi) is 2.73. The predicted molar refractivity (Wildman–Crippen MR) is 85.8 cm³/mol. The summed E-state index contributed by atoms with van der Waals surface area (Å²) in [5, 5.41) is 2.02. The van der Waals surface area contributed by atoms with E-state index < -0.39 is 0 Å². The van der Waals surface area contributed by atoms with Gasteiger partial charge in [-0.25, -0.2) is 9.97 Å². The van der Waals surface area contributed by atoms with Gasteiger partial charge in [-0.15, -0.1) is 11.3 Å². The smallest absolute Gasteiger partial charge is 0.170 e. The first-order valence-electron chi connectivity index (χ1n) is 5.28. The van der Waals surface area contributed by atoms with Crippen molar-refractivity contribution >= 4 is 77.0 Å². The van der Waals surface area contributed by atoms with E-state index in [0.29, 0.717) is 0 Å². The van der Waals surface area contributed by atoms with Crippen molar-refractivity contribution in [2.75, 3.05) is 0 Å². The molecule has 0 saturated heterocycles. The fourth-order valence-corrected chi connectivity index (χ4v) is 4.54. The summed E-state index contributed by atoms with van der Waals surface area (Å²) in [6, 6.07) is 4.02. The Morgan fingerprint density at radius 2 is 1.84 bits per heavy atom. The number of aromatic nitrogens is 4. The van der Waals surface area contributed by atoms with Crippen LogP contribution in [0.4, 0.5) is 0 Å². The van der Waals surface area contributed by atoms with Crippen LogP contribution in [0.2, 0.25) is 0 Å². The second-order valence-electron chi connectivity index (χ2n) is 3.86. The van der Waals surface area contributed by atoms with Crippen LogP contribution < -0.4 is 0 Å². The molecule has 0 radical (unpaired) electrons. The zero-order chi connectivity index (χ0) is 13.0. The highest BCUT2D eigenvalue weighted by atomic mass is 79.9. The van der Waals surface area contributed by atoms with Crippen LogP contribution in [-0.4, -0.2) is 18.7 Å². The standard InChI is InChI=1S/C11H4Br2N4S2/c12-5-7-8(6(13)10-9(5)16-19-17-10)15-11(14-7)4-2-1-3-18-4/h1-3,16H. The van der Waals surface area contributed by atoms with Crippen LogP contribution in [0, 0.1) is 0 Å². The van der Waals surface area contributed by atoms with Crippen LogP contribution in [-0.2, 0) is 0 Å². The van der Waals surface area contributed by atoms with Gasteiger partial charge in [0.25, 0.3) is 0 Å². The van der Waals surface area contributed by atoms with Gasteiger partial charge in [-0.3, -0.25) is 4.37 Å². The molecule has 0 aliphatic rings. The number of nitrogens with one attached hydrogen (secondary N) is 1. The van der Waals surface area contributed by atoms with E-state index in [9.17, 15) is 0 Å². The van der Waals surface area contributed by atoms with Crippen molar-refractivity contribution in [3.8, 4) is 10.7 Å². The Morgan fingerprint density at radius 3 is 2.58 bits per heavy atom. The lowest BCUT2D eigenvalue weighted by Gasteiger charge is -1.97. The number of hydrogen-bond donors (Lipinski definition) is 1. The number of halogens is 2. The van der Waals surface area contributed by atoms with Crippen molar-refractivity contribution in [1.82, 2.24) is 18.7 Å². The largest absolute Gasteiger partial charge is 0.292 e. The average molecular weight is 416 g/mol. The van der Waals surface area contributed by atoms with E-state index >= 15 is 0 Å². The minimum absolute atomic E-state index is 0.753. The molecule has 0 amide bonds. The van der Waals surface area contributed by atoms with E-state index in [-0.39, 0.29) is 0 Å². The van der Waals surface area contributed by atoms with Gasteiger partial charge in [0.1, 0.15) is 16.6 Å². The summed E-state index contributed by atoms with van der Waals surface area (Å²) in [6.07, 6.45) is 0. The van der Waals surface area contributed by atoms with Crippen molar-refractivity contribution in [2.45, 2.75) is 0 Å². The van der Waals surface area contributed by atoms with E-state index in [4.69, 9.17) is 0 Å². The molecule has 0 saturated carbocycles. The zero-order valence-electron chi connectivity index (χ0n) is 9.15. The zero-order valence-corrected chi connectivity index (χ0v) is 14.0. The van der Waals surface area contributed by atoms with Gasteiger partial charge in [0.15, 0.2) is 5.82 Å². The van der Waals surface area contributed by atoms with Crippen LogP contribution in [0.3, 0.4) is 0 Å². The SMILES string of the molecule is Brc1c2nc(-c3cccs3)nc2c(Br)c2[nH]snc12. The van der Waals surface area contributed by atoms with Gasteiger partial charge in [0.05, 0.1) is 19.3 Å². The van der Waals surface area contributed by atoms with Gasteiger partial charge in [-0.05, 0) is 43.3 Å². The summed E-state index contributed by atoms with van der Waals surface area (Å²) in [6.45, 7) is 0. The monoisotopic (exact) mass is 414 g/mol. The molecule has 0 atom stereocenters. The number of thiophene rings is 1. The van der Waals surface area contributed by atoms with Gasteiger partial charge in [-0.1, -0.05) is 6.07 Å². The molecule has 0 fully saturated rings. The molecule has 19 heavy (non-hydrogen) atoms. The third-order valence-corrected chi connectivity index (χ3v) is 5.72. The van der Waals surface area contributed by atoms with E-state index in [0.717, 1.165) is 41.7 Å². The second-order valence-corrected chi connectivity index (χ2v) is 6.96. The number of fused-ring (bicyclic) bond motifs is 2. The lowest BCUT2D eigenvalue weighted by Crippen LogP contribution is -1.80. The first-order valence-corrected chi connectivity index (χ1v) is 8.52. The topological polar surface area (TPSA) is 54.5 Å². The van der Waals surface area contributed by atoms with E-state index in [1.54, 1.807) is 11.3 Å². The van der Waals surface area contributed by atoms with Gasteiger partial charge >= 0.3 is 0 Å². The molecule has 0 aliphatic heterocycles. The molecule has 0 unspecified atom stereocenters. The molecular weight excluding hydrogens is 412 g/mol. The number of imidazole rings is 1. The maximum atomic E-state index is 4.62. The number of H-pyrrole nitrogens is 1. The molecule has 4 rings (SSSR count). The summed E-state index contributed by atoms with van der Waals surface area (Å²) < 4.78 is 9.29. The maximum absolute atomic E-state index is 4.62. The highest BCUT2D eigenvalue weighted by Crippen LogP contribution is 2.38. The minimum Gasteiger partial charge on any atom is -0.292 e. The third kappa shape index (κ3) is 1.70. The quantitative estimate of drug-likeness (QED) is 0.484. The van der Waals surface area contributed by atoms with Crippen molar-refractivity contribution in [1.29, 1.82) is 0 Å². The lowest BCUT2D eigenvalue weighted by molar-refractivity contribution is 1.36. The maximum Gasteiger partial charge on any atom is 0.170 e.